The third-order valence-electron chi connectivity index (χ3n) is 1.34. The van der Waals surface area contributed by atoms with Crippen LogP contribution in [-0.2, 0) is 4.57 Å². The number of hydrogen-bond acceptors (Lipinski definition) is 4. The Balaban J connectivity index is 3.43. The number of hydrogen-bond donors (Lipinski definition) is 0. The summed E-state index contributed by atoms with van der Waals surface area (Å²) in [5.41, 5.74) is -0.569. The number of rotatable bonds is 2. The molecule has 0 radical (unpaired) electrons. The van der Waals surface area contributed by atoms with Gasteiger partial charge >= 0.3 is 13.7 Å². The highest BCUT2D eigenvalue weighted by Crippen LogP contribution is 2.26. The smallest absolute Gasteiger partial charge is 0.356 e. The van der Waals surface area contributed by atoms with Crippen LogP contribution >= 0.6 is 19.6 Å². The first-order chi connectivity index (χ1) is 6.04. The molecular formula is C6H3ClNO4P. The molecular weight excluding hydrogens is 216 g/mol. The molecule has 0 aromatic heterocycles. The van der Waals surface area contributed by atoms with E-state index in [9.17, 15) is 19.6 Å². The molecule has 0 amide bonds. The predicted molar refractivity (Wildman–Crippen MR) is 45.3 cm³/mol. The van der Waals surface area contributed by atoms with Crippen molar-refractivity contribution in [2.24, 2.45) is 0 Å². The van der Waals surface area contributed by atoms with Gasteiger partial charge in [0.2, 0.25) is 0 Å². The van der Waals surface area contributed by atoms with Crippen molar-refractivity contribution in [2.75, 3.05) is 0 Å². The van der Waals surface area contributed by atoms with E-state index in [2.05, 4.69) is 0 Å². The van der Waals surface area contributed by atoms with E-state index in [4.69, 9.17) is 11.6 Å². The third-order valence-corrected chi connectivity index (χ3v) is 2.40. The highest BCUT2D eigenvalue weighted by atomic mass is 35.5. The average molecular weight is 220 g/mol. The van der Waals surface area contributed by atoms with E-state index < -0.39 is 18.6 Å². The van der Waals surface area contributed by atoms with Crippen molar-refractivity contribution in [3.63, 3.8) is 0 Å². The summed E-state index contributed by atoms with van der Waals surface area (Å²) < 4.78 is 10.6. The maximum absolute atomic E-state index is 10.6. The van der Waals surface area contributed by atoms with Crippen molar-refractivity contribution in [3.8, 4) is 0 Å². The zero-order valence-electron chi connectivity index (χ0n) is 6.14. The Morgan fingerprint density at radius 3 is 2.46 bits per heavy atom. The second kappa shape index (κ2) is 3.79. The molecule has 5 nitrogen and oxygen atoms in total. The first kappa shape index (κ1) is 10.1. The van der Waals surface area contributed by atoms with Crippen LogP contribution in [0.2, 0.25) is 5.02 Å². The van der Waals surface area contributed by atoms with Gasteiger partial charge in [-0.25, -0.2) is 0 Å². The quantitative estimate of drug-likeness (QED) is 0.422. The average Bonchev–Trinajstić information content (AvgIpc) is 2.02. The Kier molecular flexibility index (Phi) is 2.93. The van der Waals surface area contributed by atoms with Crippen molar-refractivity contribution in [2.45, 2.75) is 0 Å². The Labute approximate surface area is 79.0 Å². The van der Waals surface area contributed by atoms with E-state index in [0.717, 1.165) is 6.07 Å². The molecule has 68 valence electrons. The van der Waals surface area contributed by atoms with Crippen molar-refractivity contribution in [1.29, 1.82) is 0 Å². The number of nitro benzene ring substituents is 1. The van der Waals surface area contributed by atoms with E-state index in [1.165, 1.54) is 12.1 Å². The lowest BCUT2D eigenvalue weighted by Crippen LogP contribution is -2.10. The number of nitro groups is 1. The Bertz CT molecular complexity index is 381. The molecule has 0 aliphatic heterocycles. The normalized spacial score (nSPS) is 11.1. The fourth-order valence-electron chi connectivity index (χ4n) is 0.832. The number of para-hydroxylation sites is 1. The van der Waals surface area contributed by atoms with Gasteiger partial charge in [0, 0.05) is 0 Å². The second-order valence-electron chi connectivity index (χ2n) is 2.12. The van der Waals surface area contributed by atoms with Gasteiger partial charge in [-0.05, 0) is 12.1 Å². The fourth-order valence-corrected chi connectivity index (χ4v) is 1.72. The summed E-state index contributed by atoms with van der Waals surface area (Å²) in [5.74, 6) is 0. The van der Waals surface area contributed by atoms with E-state index >= 15 is 0 Å². The van der Waals surface area contributed by atoms with Gasteiger partial charge in [0.25, 0.3) is 5.30 Å². The molecule has 1 rings (SSSR count). The summed E-state index contributed by atoms with van der Waals surface area (Å²) in [5, 5.41) is 9.85. The summed E-state index contributed by atoms with van der Waals surface area (Å²) in [4.78, 5) is 20.1. The van der Waals surface area contributed by atoms with Crippen LogP contribution in [0.1, 0.15) is 0 Å². The lowest BCUT2D eigenvalue weighted by molar-refractivity contribution is -0.383. The van der Waals surface area contributed by atoms with Crippen molar-refractivity contribution >= 4 is 30.6 Å². The van der Waals surface area contributed by atoms with Crippen molar-refractivity contribution in [1.82, 2.24) is 0 Å². The summed E-state index contributed by atoms with van der Waals surface area (Å²) in [7, 11) is -2.99. The molecule has 0 heterocycles. The SMILES string of the molecule is O=[N+]([O-])c1c(Cl)cccc1[P+](=O)[O-]. The molecule has 0 aliphatic rings. The highest BCUT2D eigenvalue weighted by molar-refractivity contribution is 7.46. The maximum Gasteiger partial charge on any atom is 0.356 e. The molecule has 0 fully saturated rings. The van der Waals surface area contributed by atoms with Crippen LogP contribution in [0.25, 0.3) is 0 Å². The summed E-state index contributed by atoms with van der Waals surface area (Å²) in [6.45, 7) is 0. The van der Waals surface area contributed by atoms with Crippen LogP contribution in [0.4, 0.5) is 5.69 Å². The molecule has 0 saturated heterocycles. The van der Waals surface area contributed by atoms with E-state index in [-0.39, 0.29) is 10.3 Å². The third kappa shape index (κ3) is 2.01. The number of benzene rings is 1. The summed E-state index contributed by atoms with van der Waals surface area (Å²) in [6.07, 6.45) is 0. The minimum atomic E-state index is -2.99. The lowest BCUT2D eigenvalue weighted by atomic mass is 10.3. The van der Waals surface area contributed by atoms with Gasteiger partial charge in [-0.2, -0.15) is 0 Å². The zero-order chi connectivity index (χ0) is 10.0. The summed E-state index contributed by atoms with van der Waals surface area (Å²) in [6, 6.07) is 3.74. The molecule has 1 atom stereocenters. The monoisotopic (exact) mass is 219 g/mol. The van der Waals surface area contributed by atoms with Gasteiger partial charge in [-0.15, -0.1) is 0 Å². The number of halogens is 1. The molecule has 0 bridgehead atoms. The molecule has 1 aromatic carbocycles. The predicted octanol–water partition coefficient (Wildman–Crippen LogP) is 0.976. The van der Waals surface area contributed by atoms with Crippen LogP contribution in [0, 0.1) is 10.1 Å². The molecule has 1 unspecified atom stereocenters. The van der Waals surface area contributed by atoms with Crippen LogP contribution in [0.15, 0.2) is 18.2 Å². The molecule has 0 aliphatic carbocycles. The van der Waals surface area contributed by atoms with E-state index in [1.54, 1.807) is 0 Å². The largest absolute Gasteiger partial charge is 0.591 e. The van der Waals surface area contributed by atoms with Gasteiger partial charge < -0.3 is 4.89 Å². The van der Waals surface area contributed by atoms with Gasteiger partial charge in [0.05, 0.1) is 4.92 Å². The van der Waals surface area contributed by atoms with Gasteiger partial charge in [-0.1, -0.05) is 22.2 Å². The van der Waals surface area contributed by atoms with Gasteiger partial charge in [0.15, 0.2) is 0 Å². The fraction of sp³-hybridized carbons (Fsp3) is 0. The van der Waals surface area contributed by atoms with Crippen molar-refractivity contribution in [3.05, 3.63) is 33.3 Å². The Hall–Kier alpha value is -1.03. The van der Waals surface area contributed by atoms with E-state index in [0.29, 0.717) is 0 Å². The van der Waals surface area contributed by atoms with Gasteiger partial charge in [-0.3, -0.25) is 10.1 Å². The first-order valence-corrected chi connectivity index (χ1v) is 4.67. The van der Waals surface area contributed by atoms with Crippen LogP contribution in [0.3, 0.4) is 0 Å². The number of nitrogens with zero attached hydrogens (tertiary/aromatic N) is 1. The topological polar surface area (TPSA) is 83.3 Å². The molecule has 13 heavy (non-hydrogen) atoms. The standard InChI is InChI=1S/C6H3ClNO4P/c7-4-2-1-3-5(13(11)12)6(4)8(9)10/h1-3H. The molecule has 1 aromatic rings. The molecule has 0 saturated carbocycles. The van der Waals surface area contributed by atoms with Gasteiger partial charge in [0.1, 0.15) is 5.02 Å². The second-order valence-corrected chi connectivity index (χ2v) is 3.53. The Morgan fingerprint density at radius 2 is 2.08 bits per heavy atom. The zero-order valence-corrected chi connectivity index (χ0v) is 7.79. The molecule has 0 spiro atoms. The first-order valence-electron chi connectivity index (χ1n) is 3.11. The van der Waals surface area contributed by atoms with Crippen LogP contribution < -0.4 is 10.2 Å². The summed E-state index contributed by atoms with van der Waals surface area (Å²) >= 11 is 5.46. The van der Waals surface area contributed by atoms with Crippen molar-refractivity contribution < 1.29 is 14.4 Å². The molecule has 7 heteroatoms. The highest BCUT2D eigenvalue weighted by Gasteiger charge is 2.26. The van der Waals surface area contributed by atoms with Crippen LogP contribution in [-0.4, -0.2) is 4.92 Å². The Morgan fingerprint density at radius 1 is 1.46 bits per heavy atom. The lowest BCUT2D eigenvalue weighted by Gasteiger charge is -1.95. The maximum atomic E-state index is 10.6. The minimum Gasteiger partial charge on any atom is -0.591 e. The molecule has 0 N–H and O–H groups in total. The minimum absolute atomic E-state index is 0.179. The van der Waals surface area contributed by atoms with E-state index in [1.807, 2.05) is 0 Å². The van der Waals surface area contributed by atoms with Crippen LogP contribution in [0.5, 0.6) is 0 Å².